The Hall–Kier alpha value is -1.55. The van der Waals surface area contributed by atoms with Gasteiger partial charge in [-0.05, 0) is 50.0 Å². The highest BCUT2D eigenvalue weighted by Gasteiger charge is 2.15. The Bertz CT molecular complexity index is 425. The lowest BCUT2D eigenvalue weighted by Gasteiger charge is -2.14. The Morgan fingerprint density at radius 2 is 2.11 bits per heavy atom. The molecule has 98 valence electrons. The lowest BCUT2D eigenvalue weighted by molar-refractivity contribution is -0.117. The van der Waals surface area contributed by atoms with E-state index in [4.69, 9.17) is 5.73 Å². The standard InChI is InChI=1S/C14H21N3O/c1-2-11-5-6-12(9-13(11)15)16-14(18)10-17-7-3-4-8-17/h5-6,9H,2-4,7-8,10,15H2,1H3,(H,16,18). The number of likely N-dealkylation sites (tertiary alicyclic amines) is 1. The quantitative estimate of drug-likeness (QED) is 0.798. The predicted octanol–water partition coefficient (Wildman–Crippen LogP) is 1.87. The summed E-state index contributed by atoms with van der Waals surface area (Å²) in [5.41, 5.74) is 8.56. The molecule has 18 heavy (non-hydrogen) atoms. The van der Waals surface area contributed by atoms with Gasteiger partial charge < -0.3 is 11.1 Å². The molecule has 0 saturated carbocycles. The number of nitrogens with two attached hydrogens (primary N) is 1. The second-order valence-corrected chi connectivity index (χ2v) is 4.80. The third-order valence-corrected chi connectivity index (χ3v) is 3.38. The summed E-state index contributed by atoms with van der Waals surface area (Å²) >= 11 is 0. The highest BCUT2D eigenvalue weighted by Crippen LogP contribution is 2.18. The van der Waals surface area contributed by atoms with Gasteiger partial charge in [0.1, 0.15) is 0 Å². The van der Waals surface area contributed by atoms with E-state index in [0.29, 0.717) is 6.54 Å². The summed E-state index contributed by atoms with van der Waals surface area (Å²) < 4.78 is 0. The van der Waals surface area contributed by atoms with Crippen LogP contribution in [0.5, 0.6) is 0 Å². The maximum Gasteiger partial charge on any atom is 0.238 e. The molecule has 2 rings (SSSR count). The van der Waals surface area contributed by atoms with Crippen LogP contribution in [0.25, 0.3) is 0 Å². The molecule has 0 spiro atoms. The van der Waals surface area contributed by atoms with E-state index in [9.17, 15) is 4.79 Å². The molecule has 3 N–H and O–H groups in total. The first-order valence-corrected chi connectivity index (χ1v) is 6.59. The molecule has 1 fully saturated rings. The molecule has 0 aliphatic carbocycles. The van der Waals surface area contributed by atoms with Crippen LogP contribution in [-0.2, 0) is 11.2 Å². The van der Waals surface area contributed by atoms with Crippen LogP contribution in [-0.4, -0.2) is 30.4 Å². The van der Waals surface area contributed by atoms with Crippen LogP contribution in [0.15, 0.2) is 18.2 Å². The number of carbonyl (C=O) groups is 1. The molecule has 1 aromatic carbocycles. The van der Waals surface area contributed by atoms with E-state index in [-0.39, 0.29) is 5.91 Å². The summed E-state index contributed by atoms with van der Waals surface area (Å²) in [6, 6.07) is 5.72. The molecule has 0 atom stereocenters. The minimum atomic E-state index is 0.0422. The van der Waals surface area contributed by atoms with Crippen LogP contribution in [0.3, 0.4) is 0 Å². The first kappa shape index (κ1) is 12.9. The number of amides is 1. The van der Waals surface area contributed by atoms with Gasteiger partial charge in [0.15, 0.2) is 0 Å². The summed E-state index contributed by atoms with van der Waals surface area (Å²) in [5, 5.41) is 2.90. The number of nitrogen functional groups attached to an aromatic ring is 1. The maximum atomic E-state index is 11.8. The molecule has 1 aliphatic rings. The molecule has 0 radical (unpaired) electrons. The number of benzene rings is 1. The zero-order valence-electron chi connectivity index (χ0n) is 10.9. The Balaban J connectivity index is 1.92. The number of hydrogen-bond donors (Lipinski definition) is 2. The van der Waals surface area contributed by atoms with E-state index in [2.05, 4.69) is 17.1 Å². The average Bonchev–Trinajstić information content (AvgIpc) is 2.82. The topological polar surface area (TPSA) is 58.4 Å². The molecule has 4 heteroatoms. The monoisotopic (exact) mass is 247 g/mol. The van der Waals surface area contributed by atoms with E-state index in [1.807, 2.05) is 18.2 Å². The molecular weight excluding hydrogens is 226 g/mol. The van der Waals surface area contributed by atoms with Crippen molar-refractivity contribution in [3.63, 3.8) is 0 Å². The van der Waals surface area contributed by atoms with Crippen molar-refractivity contribution in [3.8, 4) is 0 Å². The van der Waals surface area contributed by atoms with Gasteiger partial charge in [0, 0.05) is 11.4 Å². The average molecular weight is 247 g/mol. The van der Waals surface area contributed by atoms with Gasteiger partial charge >= 0.3 is 0 Å². The third kappa shape index (κ3) is 3.23. The van der Waals surface area contributed by atoms with Crippen LogP contribution in [0, 0.1) is 0 Å². The van der Waals surface area contributed by atoms with Crippen molar-refractivity contribution < 1.29 is 4.79 Å². The smallest absolute Gasteiger partial charge is 0.238 e. The number of hydrogen-bond acceptors (Lipinski definition) is 3. The summed E-state index contributed by atoms with van der Waals surface area (Å²) in [7, 11) is 0. The predicted molar refractivity (Wildman–Crippen MR) is 74.5 cm³/mol. The van der Waals surface area contributed by atoms with Crippen LogP contribution < -0.4 is 11.1 Å². The molecule has 0 bridgehead atoms. The van der Waals surface area contributed by atoms with E-state index < -0.39 is 0 Å². The molecule has 0 aromatic heterocycles. The van der Waals surface area contributed by atoms with Gasteiger partial charge in [0.2, 0.25) is 5.91 Å². The van der Waals surface area contributed by atoms with Gasteiger partial charge in [0.05, 0.1) is 6.54 Å². The molecule has 1 amide bonds. The summed E-state index contributed by atoms with van der Waals surface area (Å²) in [6.45, 7) is 4.61. The lowest BCUT2D eigenvalue weighted by Crippen LogP contribution is -2.30. The fourth-order valence-corrected chi connectivity index (χ4v) is 2.34. The second kappa shape index (κ2) is 5.87. The Kier molecular flexibility index (Phi) is 4.20. The Labute approximate surface area is 108 Å². The van der Waals surface area contributed by atoms with Gasteiger partial charge in [-0.2, -0.15) is 0 Å². The van der Waals surface area contributed by atoms with Crippen LogP contribution >= 0.6 is 0 Å². The number of aryl methyl sites for hydroxylation is 1. The number of rotatable bonds is 4. The minimum absolute atomic E-state index is 0.0422. The van der Waals surface area contributed by atoms with Crippen molar-refractivity contribution in [2.75, 3.05) is 30.7 Å². The fourth-order valence-electron chi connectivity index (χ4n) is 2.34. The van der Waals surface area contributed by atoms with Crippen LogP contribution in [0.1, 0.15) is 25.3 Å². The highest BCUT2D eigenvalue weighted by atomic mass is 16.2. The third-order valence-electron chi connectivity index (χ3n) is 3.38. The van der Waals surface area contributed by atoms with E-state index >= 15 is 0 Å². The molecule has 4 nitrogen and oxygen atoms in total. The van der Waals surface area contributed by atoms with E-state index in [0.717, 1.165) is 36.4 Å². The molecular formula is C14H21N3O. The van der Waals surface area contributed by atoms with E-state index in [1.54, 1.807) is 0 Å². The zero-order valence-corrected chi connectivity index (χ0v) is 10.9. The number of nitrogens with one attached hydrogen (secondary N) is 1. The summed E-state index contributed by atoms with van der Waals surface area (Å²) in [6.07, 6.45) is 3.31. The Morgan fingerprint density at radius 3 is 2.72 bits per heavy atom. The number of carbonyl (C=O) groups excluding carboxylic acids is 1. The van der Waals surface area contributed by atoms with Gasteiger partial charge in [0.25, 0.3) is 0 Å². The van der Waals surface area contributed by atoms with Crippen LogP contribution in [0.4, 0.5) is 11.4 Å². The van der Waals surface area contributed by atoms with Gasteiger partial charge in [-0.1, -0.05) is 13.0 Å². The zero-order chi connectivity index (χ0) is 13.0. The molecule has 1 aromatic rings. The van der Waals surface area contributed by atoms with Gasteiger partial charge in [-0.25, -0.2) is 0 Å². The maximum absolute atomic E-state index is 11.8. The van der Waals surface area contributed by atoms with Crippen molar-refractivity contribution in [1.29, 1.82) is 0 Å². The second-order valence-electron chi connectivity index (χ2n) is 4.80. The first-order chi connectivity index (χ1) is 8.69. The number of nitrogens with zero attached hydrogens (tertiary/aromatic N) is 1. The first-order valence-electron chi connectivity index (χ1n) is 6.59. The minimum Gasteiger partial charge on any atom is -0.398 e. The molecule has 1 heterocycles. The van der Waals surface area contributed by atoms with Crippen molar-refractivity contribution in [1.82, 2.24) is 4.90 Å². The summed E-state index contributed by atoms with van der Waals surface area (Å²) in [5.74, 6) is 0.0422. The summed E-state index contributed by atoms with van der Waals surface area (Å²) in [4.78, 5) is 14.0. The van der Waals surface area contributed by atoms with Gasteiger partial charge in [-0.15, -0.1) is 0 Å². The lowest BCUT2D eigenvalue weighted by atomic mass is 10.1. The van der Waals surface area contributed by atoms with E-state index in [1.165, 1.54) is 12.8 Å². The SMILES string of the molecule is CCc1ccc(NC(=O)CN2CCCC2)cc1N. The van der Waals surface area contributed by atoms with Gasteiger partial charge in [-0.3, -0.25) is 9.69 Å². The van der Waals surface area contributed by atoms with Crippen molar-refractivity contribution >= 4 is 17.3 Å². The molecule has 0 unspecified atom stereocenters. The molecule has 1 aliphatic heterocycles. The van der Waals surface area contributed by atoms with Crippen molar-refractivity contribution in [3.05, 3.63) is 23.8 Å². The van der Waals surface area contributed by atoms with Crippen LogP contribution in [0.2, 0.25) is 0 Å². The number of anilines is 2. The Morgan fingerprint density at radius 1 is 1.39 bits per heavy atom. The van der Waals surface area contributed by atoms with Crippen molar-refractivity contribution in [2.45, 2.75) is 26.2 Å². The van der Waals surface area contributed by atoms with Crippen molar-refractivity contribution in [2.24, 2.45) is 0 Å². The normalized spacial score (nSPS) is 15.8. The largest absolute Gasteiger partial charge is 0.398 e. The molecule has 1 saturated heterocycles. The highest BCUT2D eigenvalue weighted by molar-refractivity contribution is 5.92. The fraction of sp³-hybridized carbons (Fsp3) is 0.500.